The molecule has 7 heteroatoms. The lowest BCUT2D eigenvalue weighted by Gasteiger charge is -2.26. The van der Waals surface area contributed by atoms with Gasteiger partial charge >= 0.3 is 0 Å². The number of hydrogen-bond donors (Lipinski definition) is 1. The zero-order valence-corrected chi connectivity index (χ0v) is 18.8. The maximum absolute atomic E-state index is 13.4. The van der Waals surface area contributed by atoms with Crippen LogP contribution in [0.2, 0.25) is 0 Å². The second-order valence-electron chi connectivity index (χ2n) is 8.25. The van der Waals surface area contributed by atoms with Crippen LogP contribution in [-0.2, 0) is 14.8 Å². The zero-order valence-electron chi connectivity index (χ0n) is 17.9. The normalized spacial score (nSPS) is 19.8. The number of carbonyl (C=O) groups is 1. The molecule has 1 fully saturated rings. The fourth-order valence-electron chi connectivity index (χ4n) is 3.91. The molecule has 0 aromatic heterocycles. The molecule has 3 rings (SSSR count). The van der Waals surface area contributed by atoms with Crippen LogP contribution < -0.4 is 0 Å². The Balaban J connectivity index is 1.91. The van der Waals surface area contributed by atoms with E-state index in [1.54, 1.807) is 24.3 Å². The third-order valence-electron chi connectivity index (χ3n) is 5.70. The van der Waals surface area contributed by atoms with Gasteiger partial charge < -0.3 is 0 Å². The fourth-order valence-corrected chi connectivity index (χ4v) is 5.59. The molecule has 0 spiro atoms. The first-order valence-corrected chi connectivity index (χ1v) is 11.8. The van der Waals surface area contributed by atoms with E-state index in [-0.39, 0.29) is 29.8 Å². The number of benzene rings is 2. The van der Waals surface area contributed by atoms with Gasteiger partial charge in [0.25, 0.3) is 5.91 Å². The molecular formula is C23H30N2O4S. The number of rotatable bonds is 7. The predicted molar refractivity (Wildman–Crippen MR) is 116 cm³/mol. The summed E-state index contributed by atoms with van der Waals surface area (Å²) < 4.78 is 28.1. The molecule has 162 valence electrons. The summed E-state index contributed by atoms with van der Waals surface area (Å²) in [5, 5.41) is 10.9. The van der Waals surface area contributed by atoms with E-state index in [9.17, 15) is 18.4 Å². The summed E-state index contributed by atoms with van der Waals surface area (Å²) >= 11 is 0. The number of nitrogens with zero attached hydrogens (tertiary/aromatic N) is 2. The molecular weight excluding hydrogens is 400 g/mol. The smallest absolute Gasteiger partial charge is 0.264 e. The molecule has 1 saturated heterocycles. The maximum atomic E-state index is 13.4. The Labute approximate surface area is 179 Å². The standard InChI is InChI=1S/C23H30N2O4S/c1-5-14-24(22-15-21(16(2)3)25(27)23(22)26)30(28,29)20-12-10-19(11-13-20)18-8-6-17(4)7-9-18/h6-13,16,21-22,27H,5,14-15H2,1-4H3/t21-,22+/m0/s1. The van der Waals surface area contributed by atoms with Crippen molar-refractivity contribution in [3.05, 3.63) is 54.1 Å². The van der Waals surface area contributed by atoms with Crippen molar-refractivity contribution in [3.63, 3.8) is 0 Å². The van der Waals surface area contributed by atoms with Crippen LogP contribution in [0.4, 0.5) is 0 Å². The van der Waals surface area contributed by atoms with Gasteiger partial charge in [-0.2, -0.15) is 4.31 Å². The summed E-state index contributed by atoms with van der Waals surface area (Å²) in [5.74, 6) is -0.522. The minimum atomic E-state index is -3.88. The molecule has 1 aliphatic heterocycles. The monoisotopic (exact) mass is 430 g/mol. The lowest BCUT2D eigenvalue weighted by molar-refractivity contribution is -0.170. The zero-order chi connectivity index (χ0) is 22.1. The summed E-state index contributed by atoms with van der Waals surface area (Å²) in [7, 11) is -3.88. The highest BCUT2D eigenvalue weighted by atomic mass is 32.2. The van der Waals surface area contributed by atoms with Gasteiger partial charge in [-0.3, -0.25) is 10.0 Å². The molecule has 2 atom stereocenters. The van der Waals surface area contributed by atoms with Gasteiger partial charge in [0.2, 0.25) is 10.0 Å². The molecule has 6 nitrogen and oxygen atoms in total. The van der Waals surface area contributed by atoms with Crippen molar-refractivity contribution in [1.82, 2.24) is 9.37 Å². The third kappa shape index (κ3) is 4.29. The van der Waals surface area contributed by atoms with Crippen LogP contribution in [0.15, 0.2) is 53.4 Å². The summed E-state index contributed by atoms with van der Waals surface area (Å²) in [5.41, 5.74) is 3.10. The average Bonchev–Trinajstić information content (AvgIpc) is 3.01. The molecule has 0 radical (unpaired) electrons. The van der Waals surface area contributed by atoms with E-state index in [2.05, 4.69) is 0 Å². The highest BCUT2D eigenvalue weighted by Crippen LogP contribution is 2.31. The highest BCUT2D eigenvalue weighted by Gasteiger charge is 2.47. The van der Waals surface area contributed by atoms with Crippen molar-refractivity contribution in [2.45, 2.75) is 57.5 Å². The molecule has 1 heterocycles. The molecule has 1 aliphatic rings. The summed E-state index contributed by atoms with van der Waals surface area (Å²) in [6.07, 6.45) is 0.857. The Hall–Kier alpha value is -2.22. The molecule has 0 unspecified atom stereocenters. The van der Waals surface area contributed by atoms with Crippen molar-refractivity contribution in [1.29, 1.82) is 0 Å². The lowest BCUT2D eigenvalue weighted by atomic mass is 10.0. The van der Waals surface area contributed by atoms with Crippen molar-refractivity contribution in [2.75, 3.05) is 6.54 Å². The number of amides is 1. The molecule has 1 N–H and O–H groups in total. The number of sulfonamides is 1. The Morgan fingerprint density at radius 2 is 1.60 bits per heavy atom. The van der Waals surface area contributed by atoms with Gasteiger partial charge in [-0.1, -0.05) is 62.7 Å². The first kappa shape index (κ1) is 22.5. The maximum Gasteiger partial charge on any atom is 0.264 e. The van der Waals surface area contributed by atoms with Crippen LogP contribution in [0.25, 0.3) is 11.1 Å². The topological polar surface area (TPSA) is 77.9 Å². The second kappa shape index (κ2) is 8.88. The van der Waals surface area contributed by atoms with Gasteiger partial charge in [-0.15, -0.1) is 0 Å². The van der Waals surface area contributed by atoms with Crippen molar-refractivity contribution in [3.8, 4) is 11.1 Å². The minimum Gasteiger partial charge on any atom is -0.286 e. The summed E-state index contributed by atoms with van der Waals surface area (Å²) in [4.78, 5) is 12.8. The van der Waals surface area contributed by atoms with Crippen molar-refractivity contribution in [2.24, 2.45) is 5.92 Å². The summed E-state index contributed by atoms with van der Waals surface area (Å²) in [6, 6.07) is 13.5. The van der Waals surface area contributed by atoms with Crippen LogP contribution in [0.1, 0.15) is 39.2 Å². The summed E-state index contributed by atoms with van der Waals surface area (Å²) in [6.45, 7) is 7.93. The Bertz CT molecular complexity index is 985. The van der Waals surface area contributed by atoms with E-state index in [0.717, 1.165) is 16.7 Å². The highest BCUT2D eigenvalue weighted by molar-refractivity contribution is 7.89. The minimum absolute atomic E-state index is 0.0314. The lowest BCUT2D eigenvalue weighted by Crippen LogP contribution is -2.45. The number of aryl methyl sites for hydroxylation is 1. The first-order valence-electron chi connectivity index (χ1n) is 10.4. The quantitative estimate of drug-likeness (QED) is 0.672. The third-order valence-corrected chi connectivity index (χ3v) is 7.62. The van der Waals surface area contributed by atoms with Crippen LogP contribution in [-0.4, -0.2) is 47.5 Å². The molecule has 30 heavy (non-hydrogen) atoms. The van der Waals surface area contributed by atoms with Crippen LogP contribution in [0.3, 0.4) is 0 Å². The van der Waals surface area contributed by atoms with Gasteiger partial charge in [-0.05, 0) is 48.9 Å². The molecule has 1 amide bonds. The van der Waals surface area contributed by atoms with Gasteiger partial charge in [-0.25, -0.2) is 13.5 Å². The van der Waals surface area contributed by atoms with Crippen LogP contribution in [0, 0.1) is 12.8 Å². The number of hydrogen-bond acceptors (Lipinski definition) is 4. The molecule has 2 aromatic rings. The average molecular weight is 431 g/mol. The Morgan fingerprint density at radius 1 is 1.07 bits per heavy atom. The second-order valence-corrected chi connectivity index (χ2v) is 10.1. The molecule has 2 aromatic carbocycles. The van der Waals surface area contributed by atoms with Crippen molar-refractivity contribution < 1.29 is 18.4 Å². The van der Waals surface area contributed by atoms with E-state index in [0.29, 0.717) is 11.5 Å². The van der Waals surface area contributed by atoms with Gasteiger partial charge in [0.15, 0.2) is 0 Å². The Morgan fingerprint density at radius 3 is 2.07 bits per heavy atom. The van der Waals surface area contributed by atoms with E-state index < -0.39 is 22.0 Å². The van der Waals surface area contributed by atoms with E-state index in [1.165, 1.54) is 4.31 Å². The fraction of sp³-hybridized carbons (Fsp3) is 0.435. The first-order chi connectivity index (χ1) is 14.2. The van der Waals surface area contributed by atoms with E-state index in [1.807, 2.05) is 52.0 Å². The van der Waals surface area contributed by atoms with Gasteiger partial charge in [0.05, 0.1) is 10.9 Å². The SMILES string of the molecule is CCCN([C@@H]1C[C@@H](C(C)C)N(O)C1=O)S(=O)(=O)c1ccc(-c2ccc(C)cc2)cc1. The van der Waals surface area contributed by atoms with Gasteiger partial charge in [0, 0.05) is 6.54 Å². The van der Waals surface area contributed by atoms with Crippen LogP contribution in [0.5, 0.6) is 0 Å². The molecule has 0 aliphatic carbocycles. The largest absolute Gasteiger partial charge is 0.286 e. The Kier molecular flexibility index (Phi) is 6.65. The number of hydroxylamine groups is 2. The van der Waals surface area contributed by atoms with Crippen LogP contribution >= 0.6 is 0 Å². The van der Waals surface area contributed by atoms with Gasteiger partial charge in [0.1, 0.15) is 6.04 Å². The molecule has 0 bridgehead atoms. The predicted octanol–water partition coefficient (Wildman–Crippen LogP) is 4.08. The number of carbonyl (C=O) groups excluding carboxylic acids is 1. The molecule has 0 saturated carbocycles. The van der Waals surface area contributed by atoms with E-state index >= 15 is 0 Å². The van der Waals surface area contributed by atoms with Crippen molar-refractivity contribution >= 4 is 15.9 Å². The van der Waals surface area contributed by atoms with E-state index in [4.69, 9.17) is 0 Å².